The topological polar surface area (TPSA) is 69.7 Å². The van der Waals surface area contributed by atoms with Crippen molar-refractivity contribution in [1.29, 1.82) is 0 Å². The lowest BCUT2D eigenvalue weighted by Crippen LogP contribution is -2.25. The van der Waals surface area contributed by atoms with Crippen LogP contribution in [-0.4, -0.2) is 40.3 Å². The van der Waals surface area contributed by atoms with Crippen LogP contribution in [-0.2, 0) is 0 Å². The molecule has 0 saturated heterocycles. The molecule has 0 aromatic carbocycles. The molecule has 1 fully saturated rings. The molecule has 21 heavy (non-hydrogen) atoms. The van der Waals surface area contributed by atoms with Gasteiger partial charge in [-0.15, -0.1) is 0 Å². The molecule has 0 unspecified atom stereocenters. The minimum Gasteiger partial charge on any atom is -0.359 e. The molecule has 0 bridgehead atoms. The minimum atomic E-state index is 0.682. The average molecular weight is 288 g/mol. The number of rotatable bonds is 6. The molecule has 1 saturated carbocycles. The Morgan fingerprint density at radius 3 is 2.90 bits per heavy atom. The molecule has 1 aliphatic carbocycles. The summed E-state index contributed by atoms with van der Waals surface area (Å²) in [5.74, 6) is 2.44. The highest BCUT2D eigenvalue weighted by Crippen LogP contribution is 2.29. The SMILES string of the molecule is CCCNc1nc(N(C)CC2CCCC2)c2cn[nH]c2n1. The largest absolute Gasteiger partial charge is 0.359 e. The Bertz CT molecular complexity index is 587. The Labute approximate surface area is 125 Å². The van der Waals surface area contributed by atoms with Gasteiger partial charge in [0.15, 0.2) is 5.65 Å². The number of anilines is 2. The van der Waals surface area contributed by atoms with Gasteiger partial charge in [-0.25, -0.2) is 0 Å². The summed E-state index contributed by atoms with van der Waals surface area (Å²) in [5.41, 5.74) is 0.803. The third-order valence-electron chi connectivity index (χ3n) is 4.19. The number of fused-ring (bicyclic) bond motifs is 1. The van der Waals surface area contributed by atoms with Crippen LogP contribution >= 0.6 is 0 Å². The average Bonchev–Trinajstić information content (AvgIpc) is 3.14. The van der Waals surface area contributed by atoms with Crippen molar-refractivity contribution >= 4 is 22.8 Å². The summed E-state index contributed by atoms with van der Waals surface area (Å²) in [6.07, 6.45) is 8.28. The summed E-state index contributed by atoms with van der Waals surface area (Å²) in [6, 6.07) is 0. The molecule has 0 aliphatic heterocycles. The van der Waals surface area contributed by atoms with Gasteiger partial charge in [0.1, 0.15) is 5.82 Å². The molecule has 6 nitrogen and oxygen atoms in total. The lowest BCUT2D eigenvalue weighted by Gasteiger charge is -2.23. The summed E-state index contributed by atoms with van der Waals surface area (Å²) < 4.78 is 0. The molecule has 2 N–H and O–H groups in total. The van der Waals surface area contributed by atoms with Gasteiger partial charge in [-0.1, -0.05) is 19.8 Å². The quantitative estimate of drug-likeness (QED) is 0.855. The molecule has 1 aliphatic rings. The lowest BCUT2D eigenvalue weighted by molar-refractivity contribution is 0.545. The first-order valence-corrected chi connectivity index (χ1v) is 7.94. The molecule has 2 aromatic heterocycles. The number of hydrogen-bond donors (Lipinski definition) is 2. The van der Waals surface area contributed by atoms with Crippen LogP contribution in [0.15, 0.2) is 6.20 Å². The van der Waals surface area contributed by atoms with E-state index in [1.165, 1.54) is 25.7 Å². The van der Waals surface area contributed by atoms with Crippen molar-refractivity contribution in [3.05, 3.63) is 6.20 Å². The van der Waals surface area contributed by atoms with Crippen molar-refractivity contribution in [2.24, 2.45) is 5.92 Å². The number of H-pyrrole nitrogens is 1. The number of hydrogen-bond acceptors (Lipinski definition) is 5. The predicted octanol–water partition coefficient (Wildman–Crippen LogP) is 2.80. The first-order chi connectivity index (χ1) is 10.3. The molecule has 0 radical (unpaired) electrons. The van der Waals surface area contributed by atoms with Gasteiger partial charge in [0, 0.05) is 20.1 Å². The normalized spacial score (nSPS) is 15.7. The molecule has 0 amide bonds. The van der Waals surface area contributed by atoms with Crippen molar-refractivity contribution in [3.8, 4) is 0 Å². The van der Waals surface area contributed by atoms with E-state index in [1.807, 2.05) is 6.20 Å². The molecule has 3 rings (SSSR count). The molecular weight excluding hydrogens is 264 g/mol. The Kier molecular flexibility index (Phi) is 4.22. The van der Waals surface area contributed by atoms with Crippen LogP contribution in [0.4, 0.5) is 11.8 Å². The second-order valence-electron chi connectivity index (χ2n) is 5.96. The smallest absolute Gasteiger partial charge is 0.226 e. The zero-order valence-electron chi connectivity index (χ0n) is 12.9. The van der Waals surface area contributed by atoms with Gasteiger partial charge in [-0.3, -0.25) is 5.10 Å². The van der Waals surface area contributed by atoms with Crippen molar-refractivity contribution in [2.45, 2.75) is 39.0 Å². The summed E-state index contributed by atoms with van der Waals surface area (Å²) >= 11 is 0. The highest BCUT2D eigenvalue weighted by Gasteiger charge is 2.20. The van der Waals surface area contributed by atoms with Gasteiger partial charge in [0.25, 0.3) is 0 Å². The van der Waals surface area contributed by atoms with E-state index in [1.54, 1.807) is 0 Å². The molecule has 2 heterocycles. The molecule has 6 heteroatoms. The predicted molar refractivity (Wildman–Crippen MR) is 85.7 cm³/mol. The highest BCUT2D eigenvalue weighted by molar-refractivity contribution is 5.87. The van der Waals surface area contributed by atoms with Gasteiger partial charge >= 0.3 is 0 Å². The van der Waals surface area contributed by atoms with Crippen molar-refractivity contribution in [3.63, 3.8) is 0 Å². The van der Waals surface area contributed by atoms with E-state index < -0.39 is 0 Å². The molecular formula is C15H24N6. The number of nitrogens with one attached hydrogen (secondary N) is 2. The number of aromatic amines is 1. The van der Waals surface area contributed by atoms with Crippen LogP contribution in [0, 0.1) is 5.92 Å². The molecule has 0 spiro atoms. The maximum Gasteiger partial charge on any atom is 0.226 e. The fraction of sp³-hybridized carbons (Fsp3) is 0.667. The van der Waals surface area contributed by atoms with E-state index in [-0.39, 0.29) is 0 Å². The zero-order valence-corrected chi connectivity index (χ0v) is 12.9. The first kappa shape index (κ1) is 14.1. The van der Waals surface area contributed by atoms with Gasteiger partial charge in [-0.05, 0) is 25.2 Å². The molecule has 0 atom stereocenters. The monoisotopic (exact) mass is 288 g/mol. The van der Waals surface area contributed by atoms with Gasteiger partial charge in [-0.2, -0.15) is 15.1 Å². The highest BCUT2D eigenvalue weighted by atomic mass is 15.2. The fourth-order valence-electron chi connectivity index (χ4n) is 3.09. The van der Waals surface area contributed by atoms with E-state index in [2.05, 4.69) is 39.4 Å². The fourth-order valence-corrected chi connectivity index (χ4v) is 3.09. The maximum absolute atomic E-state index is 4.70. The van der Waals surface area contributed by atoms with Crippen LogP contribution < -0.4 is 10.2 Å². The summed E-state index contributed by atoms with van der Waals surface area (Å²) in [5, 5.41) is 11.3. The van der Waals surface area contributed by atoms with Crippen LogP contribution in [0.1, 0.15) is 39.0 Å². The maximum atomic E-state index is 4.70. The van der Waals surface area contributed by atoms with Crippen LogP contribution in [0.3, 0.4) is 0 Å². The van der Waals surface area contributed by atoms with Crippen LogP contribution in [0.2, 0.25) is 0 Å². The van der Waals surface area contributed by atoms with Gasteiger partial charge in [0.05, 0.1) is 11.6 Å². The standard InChI is InChI=1S/C15H24N6/c1-3-8-16-15-18-13-12(9-17-20-13)14(19-15)21(2)10-11-6-4-5-7-11/h9,11H,3-8,10H2,1-2H3,(H2,16,17,18,19,20). The summed E-state index contributed by atoms with van der Waals surface area (Å²) in [4.78, 5) is 11.4. The minimum absolute atomic E-state index is 0.682. The van der Waals surface area contributed by atoms with Crippen molar-refractivity contribution < 1.29 is 0 Å². The van der Waals surface area contributed by atoms with E-state index in [9.17, 15) is 0 Å². The summed E-state index contributed by atoms with van der Waals surface area (Å²) in [7, 11) is 2.12. The van der Waals surface area contributed by atoms with Crippen LogP contribution in [0.25, 0.3) is 11.0 Å². The van der Waals surface area contributed by atoms with Gasteiger partial charge in [0.2, 0.25) is 5.95 Å². The summed E-state index contributed by atoms with van der Waals surface area (Å²) in [6.45, 7) is 4.07. The second kappa shape index (κ2) is 6.28. The van der Waals surface area contributed by atoms with E-state index in [4.69, 9.17) is 4.98 Å². The van der Waals surface area contributed by atoms with Crippen LogP contribution in [0.5, 0.6) is 0 Å². The Balaban J connectivity index is 1.85. The Morgan fingerprint density at radius 2 is 2.14 bits per heavy atom. The Morgan fingerprint density at radius 1 is 1.33 bits per heavy atom. The molecule has 114 valence electrons. The van der Waals surface area contributed by atoms with E-state index >= 15 is 0 Å². The second-order valence-corrected chi connectivity index (χ2v) is 5.96. The Hall–Kier alpha value is -1.85. The first-order valence-electron chi connectivity index (χ1n) is 7.94. The van der Waals surface area contributed by atoms with E-state index in [0.29, 0.717) is 5.95 Å². The van der Waals surface area contributed by atoms with Crippen molar-refractivity contribution in [2.75, 3.05) is 30.4 Å². The van der Waals surface area contributed by atoms with Crippen molar-refractivity contribution in [1.82, 2.24) is 20.2 Å². The third-order valence-corrected chi connectivity index (χ3v) is 4.19. The lowest BCUT2D eigenvalue weighted by atomic mass is 10.1. The third kappa shape index (κ3) is 3.09. The molecule has 2 aromatic rings. The number of nitrogens with zero attached hydrogens (tertiary/aromatic N) is 4. The van der Waals surface area contributed by atoms with Gasteiger partial charge < -0.3 is 10.2 Å². The number of aromatic nitrogens is 4. The zero-order chi connectivity index (χ0) is 14.7. The van der Waals surface area contributed by atoms with E-state index in [0.717, 1.165) is 42.3 Å².